The minimum Gasteiger partial charge on any atom is -0.504 e. The average Bonchev–Trinajstić information content (AvgIpc) is 2.63. The van der Waals surface area contributed by atoms with Crippen molar-refractivity contribution in [3.8, 4) is 11.5 Å². The Bertz CT molecular complexity index is 1210. The maximum Gasteiger partial charge on any atom is 0.283 e. The first-order chi connectivity index (χ1) is 13.5. The van der Waals surface area contributed by atoms with Crippen LogP contribution in [0.4, 0.5) is 0 Å². The zero-order valence-corrected chi connectivity index (χ0v) is 18.1. The van der Waals surface area contributed by atoms with Crippen molar-refractivity contribution < 1.29 is 23.2 Å². The van der Waals surface area contributed by atoms with Gasteiger partial charge in [-0.25, -0.2) is 0 Å². The first-order valence-electron chi connectivity index (χ1n) is 7.90. The standard InChI is InChI=1S/C19H12Cl4O5S/c20-13-6-2-1-4-10(13)19(29(26,27)28,11-5-3-7-14(21)18(11)23)12-8-16(24)17(25)9-15(12)22/h1-9,24-25H,(H,26,27,28). The van der Waals surface area contributed by atoms with E-state index < -0.39 is 26.4 Å². The molecule has 0 aromatic heterocycles. The molecule has 0 fully saturated rings. The Morgan fingerprint density at radius 3 is 1.86 bits per heavy atom. The van der Waals surface area contributed by atoms with Gasteiger partial charge in [0.2, 0.25) is 0 Å². The molecule has 3 N–H and O–H groups in total. The van der Waals surface area contributed by atoms with E-state index in [2.05, 4.69) is 0 Å². The zero-order valence-electron chi connectivity index (χ0n) is 14.3. The molecule has 152 valence electrons. The van der Waals surface area contributed by atoms with Crippen LogP contribution in [0.2, 0.25) is 20.1 Å². The van der Waals surface area contributed by atoms with Crippen LogP contribution in [-0.4, -0.2) is 23.2 Å². The predicted molar refractivity (Wildman–Crippen MR) is 114 cm³/mol. The molecule has 29 heavy (non-hydrogen) atoms. The largest absolute Gasteiger partial charge is 0.504 e. The third-order valence-corrected chi connectivity index (χ3v) is 7.31. The van der Waals surface area contributed by atoms with Gasteiger partial charge < -0.3 is 10.2 Å². The van der Waals surface area contributed by atoms with E-state index in [-0.39, 0.29) is 36.8 Å². The van der Waals surface area contributed by atoms with Crippen molar-refractivity contribution in [2.45, 2.75) is 4.75 Å². The molecule has 0 saturated carbocycles. The van der Waals surface area contributed by atoms with Crippen LogP contribution in [0.15, 0.2) is 54.6 Å². The number of rotatable bonds is 4. The molecule has 5 nitrogen and oxygen atoms in total. The minimum absolute atomic E-state index is 0.0170. The monoisotopic (exact) mass is 492 g/mol. The second-order valence-electron chi connectivity index (χ2n) is 6.06. The Balaban J connectivity index is 2.66. The first-order valence-corrected chi connectivity index (χ1v) is 10.9. The molecule has 0 bridgehead atoms. The molecule has 3 aromatic carbocycles. The molecule has 0 amide bonds. The van der Waals surface area contributed by atoms with Crippen LogP contribution in [-0.2, 0) is 14.9 Å². The minimum atomic E-state index is -5.10. The Morgan fingerprint density at radius 1 is 0.690 bits per heavy atom. The van der Waals surface area contributed by atoms with Gasteiger partial charge in [-0.1, -0.05) is 76.7 Å². The van der Waals surface area contributed by atoms with E-state index >= 15 is 0 Å². The zero-order chi connectivity index (χ0) is 21.6. The summed E-state index contributed by atoms with van der Waals surface area (Å²) in [4.78, 5) is 0. The van der Waals surface area contributed by atoms with Gasteiger partial charge in [-0.05, 0) is 18.2 Å². The Labute approximate surface area is 186 Å². The quantitative estimate of drug-likeness (QED) is 0.239. The predicted octanol–water partition coefficient (Wildman–Crippen LogP) is 5.89. The summed E-state index contributed by atoms with van der Waals surface area (Å²) in [6.07, 6.45) is 0. The van der Waals surface area contributed by atoms with E-state index in [9.17, 15) is 23.2 Å². The molecule has 3 aromatic rings. The average molecular weight is 494 g/mol. The van der Waals surface area contributed by atoms with Gasteiger partial charge in [0, 0.05) is 27.8 Å². The van der Waals surface area contributed by atoms with Crippen molar-refractivity contribution in [1.29, 1.82) is 0 Å². The van der Waals surface area contributed by atoms with Gasteiger partial charge in [-0.15, -0.1) is 0 Å². The molecule has 10 heteroatoms. The van der Waals surface area contributed by atoms with Crippen molar-refractivity contribution in [2.24, 2.45) is 0 Å². The topological polar surface area (TPSA) is 94.8 Å². The van der Waals surface area contributed by atoms with Crippen LogP contribution in [0.3, 0.4) is 0 Å². The first kappa shape index (κ1) is 22.0. The van der Waals surface area contributed by atoms with Gasteiger partial charge in [-0.3, -0.25) is 4.55 Å². The second kappa shape index (κ2) is 7.87. The number of halogens is 4. The molecule has 0 aliphatic rings. The van der Waals surface area contributed by atoms with E-state index in [1.165, 1.54) is 36.4 Å². The molecule has 0 saturated heterocycles. The summed E-state index contributed by atoms with van der Waals surface area (Å²) < 4.78 is 34.1. The van der Waals surface area contributed by atoms with E-state index in [0.717, 1.165) is 12.1 Å². The molecule has 1 unspecified atom stereocenters. The lowest BCUT2D eigenvalue weighted by Crippen LogP contribution is -2.39. The number of aromatic hydroxyl groups is 2. The van der Waals surface area contributed by atoms with Crippen LogP contribution in [0.5, 0.6) is 11.5 Å². The normalized spacial score (nSPS) is 13.8. The third-order valence-electron chi connectivity index (χ3n) is 4.41. The highest BCUT2D eigenvalue weighted by Crippen LogP contribution is 2.52. The maximum atomic E-state index is 13.0. The van der Waals surface area contributed by atoms with Crippen molar-refractivity contribution in [1.82, 2.24) is 0 Å². The van der Waals surface area contributed by atoms with Gasteiger partial charge >= 0.3 is 0 Å². The molecule has 0 radical (unpaired) electrons. The van der Waals surface area contributed by atoms with Crippen molar-refractivity contribution >= 4 is 56.5 Å². The fourth-order valence-corrected chi connectivity index (χ4v) is 5.73. The summed E-state index contributed by atoms with van der Waals surface area (Å²) in [5.74, 6) is -1.25. The van der Waals surface area contributed by atoms with Gasteiger partial charge in [0.15, 0.2) is 16.2 Å². The highest BCUT2D eigenvalue weighted by atomic mass is 35.5. The number of hydrogen-bond acceptors (Lipinski definition) is 4. The Kier molecular flexibility index (Phi) is 5.98. The summed E-state index contributed by atoms with van der Waals surface area (Å²) >= 11 is 25.1. The Morgan fingerprint density at radius 2 is 1.24 bits per heavy atom. The summed E-state index contributed by atoms with van der Waals surface area (Å²) in [7, 11) is -5.10. The summed E-state index contributed by atoms with van der Waals surface area (Å²) in [5, 5.41) is 19.4. The van der Waals surface area contributed by atoms with Gasteiger partial charge in [-0.2, -0.15) is 8.42 Å². The molecule has 0 aliphatic carbocycles. The van der Waals surface area contributed by atoms with Crippen LogP contribution in [0.1, 0.15) is 16.7 Å². The van der Waals surface area contributed by atoms with E-state index in [0.29, 0.717) is 0 Å². The van der Waals surface area contributed by atoms with Crippen LogP contribution >= 0.6 is 46.4 Å². The molecular weight excluding hydrogens is 482 g/mol. The fourth-order valence-electron chi connectivity index (χ4n) is 3.20. The van der Waals surface area contributed by atoms with Crippen molar-refractivity contribution in [3.63, 3.8) is 0 Å². The van der Waals surface area contributed by atoms with Gasteiger partial charge in [0.1, 0.15) is 0 Å². The van der Waals surface area contributed by atoms with Crippen LogP contribution in [0.25, 0.3) is 0 Å². The number of hydrogen-bond donors (Lipinski definition) is 3. The molecular formula is C19H12Cl4O5S. The number of benzene rings is 3. The number of phenolic OH excluding ortho intramolecular Hbond substituents is 2. The number of phenols is 2. The third kappa shape index (κ3) is 3.54. The fraction of sp³-hybridized carbons (Fsp3) is 0.0526. The van der Waals surface area contributed by atoms with Gasteiger partial charge in [0.05, 0.1) is 15.1 Å². The smallest absolute Gasteiger partial charge is 0.283 e. The SMILES string of the molecule is O=S(=O)(O)C(c1ccccc1Cl)(c1cc(O)c(O)cc1Cl)c1cccc(Cl)c1Cl. The van der Waals surface area contributed by atoms with E-state index in [1.807, 2.05) is 0 Å². The van der Waals surface area contributed by atoms with Crippen LogP contribution in [0, 0.1) is 0 Å². The highest BCUT2D eigenvalue weighted by molar-refractivity contribution is 7.87. The molecule has 0 spiro atoms. The second-order valence-corrected chi connectivity index (χ2v) is 9.22. The highest BCUT2D eigenvalue weighted by Gasteiger charge is 2.52. The maximum absolute atomic E-state index is 13.0. The van der Waals surface area contributed by atoms with E-state index in [1.54, 1.807) is 6.07 Å². The molecule has 3 rings (SSSR count). The lowest BCUT2D eigenvalue weighted by atomic mass is 9.83. The summed E-state index contributed by atoms with van der Waals surface area (Å²) in [6, 6.07) is 11.9. The van der Waals surface area contributed by atoms with Crippen molar-refractivity contribution in [2.75, 3.05) is 0 Å². The molecule has 1 atom stereocenters. The molecule has 0 heterocycles. The summed E-state index contributed by atoms with van der Waals surface area (Å²) in [6.45, 7) is 0. The Hall–Kier alpha value is -1.67. The summed E-state index contributed by atoms with van der Waals surface area (Å²) in [5.41, 5.74) is -0.510. The van der Waals surface area contributed by atoms with Crippen LogP contribution < -0.4 is 0 Å². The molecule has 0 aliphatic heterocycles. The van der Waals surface area contributed by atoms with Crippen molar-refractivity contribution in [3.05, 3.63) is 91.4 Å². The van der Waals surface area contributed by atoms with Gasteiger partial charge in [0.25, 0.3) is 10.1 Å². The lowest BCUT2D eigenvalue weighted by molar-refractivity contribution is 0.402. The van der Waals surface area contributed by atoms with E-state index in [4.69, 9.17) is 46.4 Å². The lowest BCUT2D eigenvalue weighted by Gasteiger charge is -2.34.